The van der Waals surface area contributed by atoms with E-state index >= 15 is 0 Å². The van der Waals surface area contributed by atoms with Crippen molar-refractivity contribution < 1.29 is 9.18 Å². The van der Waals surface area contributed by atoms with E-state index in [1.54, 1.807) is 40.7 Å². The molecule has 0 saturated heterocycles. The number of amides is 1. The van der Waals surface area contributed by atoms with Crippen molar-refractivity contribution in [3.63, 3.8) is 0 Å². The Labute approximate surface area is 159 Å². The summed E-state index contributed by atoms with van der Waals surface area (Å²) in [5.41, 5.74) is 2.33. The van der Waals surface area contributed by atoms with Crippen molar-refractivity contribution in [3.05, 3.63) is 89.4 Å². The van der Waals surface area contributed by atoms with Gasteiger partial charge in [-0.05, 0) is 17.7 Å². The highest BCUT2D eigenvalue weighted by molar-refractivity contribution is 7.13. The number of aromatic nitrogens is 3. The molecule has 0 spiro atoms. The third-order valence-corrected chi connectivity index (χ3v) is 4.80. The fraction of sp³-hybridized carbons (Fsp3) is 0.0500. The Kier molecular flexibility index (Phi) is 4.76. The van der Waals surface area contributed by atoms with Gasteiger partial charge in [0.15, 0.2) is 0 Å². The van der Waals surface area contributed by atoms with Gasteiger partial charge in [0, 0.05) is 17.1 Å². The lowest BCUT2D eigenvalue weighted by Crippen LogP contribution is -2.11. The fourth-order valence-corrected chi connectivity index (χ4v) is 3.44. The third kappa shape index (κ3) is 3.93. The van der Waals surface area contributed by atoms with Crippen LogP contribution in [0.5, 0.6) is 0 Å². The van der Waals surface area contributed by atoms with Gasteiger partial charge in [-0.2, -0.15) is 5.10 Å². The Balaban J connectivity index is 1.45. The molecule has 27 heavy (non-hydrogen) atoms. The predicted molar refractivity (Wildman–Crippen MR) is 103 cm³/mol. The van der Waals surface area contributed by atoms with Crippen LogP contribution >= 0.6 is 11.3 Å². The molecule has 7 heteroatoms. The van der Waals surface area contributed by atoms with Crippen molar-refractivity contribution in [1.82, 2.24) is 14.8 Å². The standard InChI is InChI=1S/C20H15FN4OS/c21-17-9-5-4-8-16(17)20-24-18(13-27-20)19(26)23-15-10-22-25(12-15)11-14-6-2-1-3-7-14/h1-10,12-13H,11H2,(H,23,26). The average Bonchev–Trinajstić information content (AvgIpc) is 3.33. The summed E-state index contributed by atoms with van der Waals surface area (Å²) in [5.74, 6) is -0.714. The Hall–Kier alpha value is -3.32. The second-order valence-electron chi connectivity index (χ2n) is 5.88. The zero-order valence-electron chi connectivity index (χ0n) is 14.2. The van der Waals surface area contributed by atoms with E-state index in [1.165, 1.54) is 17.4 Å². The van der Waals surface area contributed by atoms with Gasteiger partial charge in [-0.25, -0.2) is 9.37 Å². The number of anilines is 1. The van der Waals surface area contributed by atoms with Gasteiger partial charge in [-0.1, -0.05) is 42.5 Å². The number of benzene rings is 2. The van der Waals surface area contributed by atoms with Crippen LogP contribution in [0.3, 0.4) is 0 Å². The smallest absolute Gasteiger partial charge is 0.275 e. The normalized spacial score (nSPS) is 10.7. The first-order valence-electron chi connectivity index (χ1n) is 8.27. The molecule has 0 atom stereocenters. The number of nitrogens with zero attached hydrogens (tertiary/aromatic N) is 3. The van der Waals surface area contributed by atoms with Crippen LogP contribution in [0.1, 0.15) is 16.1 Å². The van der Waals surface area contributed by atoms with Crippen LogP contribution in [0.25, 0.3) is 10.6 Å². The second kappa shape index (κ2) is 7.51. The molecule has 2 heterocycles. The lowest BCUT2D eigenvalue weighted by atomic mass is 10.2. The average molecular weight is 378 g/mol. The molecule has 1 amide bonds. The zero-order chi connectivity index (χ0) is 18.6. The predicted octanol–water partition coefficient (Wildman–Crippen LogP) is 4.45. The van der Waals surface area contributed by atoms with E-state index in [4.69, 9.17) is 0 Å². The highest BCUT2D eigenvalue weighted by Crippen LogP contribution is 2.26. The maximum atomic E-state index is 13.9. The number of hydrogen-bond acceptors (Lipinski definition) is 4. The number of halogens is 1. The van der Waals surface area contributed by atoms with Crippen molar-refractivity contribution in [2.24, 2.45) is 0 Å². The van der Waals surface area contributed by atoms with Gasteiger partial charge in [0.2, 0.25) is 0 Å². The molecule has 2 aromatic heterocycles. The molecule has 134 valence electrons. The van der Waals surface area contributed by atoms with Crippen LogP contribution in [0.2, 0.25) is 0 Å². The van der Waals surface area contributed by atoms with Crippen LogP contribution in [-0.4, -0.2) is 20.7 Å². The van der Waals surface area contributed by atoms with Crippen LogP contribution in [0, 0.1) is 5.82 Å². The van der Waals surface area contributed by atoms with Gasteiger partial charge < -0.3 is 5.32 Å². The molecule has 0 radical (unpaired) electrons. The molecule has 0 unspecified atom stereocenters. The van der Waals surface area contributed by atoms with Gasteiger partial charge in [0.25, 0.3) is 5.91 Å². The minimum absolute atomic E-state index is 0.245. The molecule has 0 fully saturated rings. The van der Waals surface area contributed by atoms with E-state index in [0.29, 0.717) is 22.8 Å². The van der Waals surface area contributed by atoms with E-state index in [-0.39, 0.29) is 17.4 Å². The number of hydrogen-bond donors (Lipinski definition) is 1. The summed E-state index contributed by atoms with van der Waals surface area (Å²) in [4.78, 5) is 16.7. The van der Waals surface area contributed by atoms with Crippen molar-refractivity contribution in [3.8, 4) is 10.6 Å². The Morgan fingerprint density at radius 2 is 1.89 bits per heavy atom. The fourth-order valence-electron chi connectivity index (χ4n) is 2.62. The van der Waals surface area contributed by atoms with E-state index in [1.807, 2.05) is 30.3 Å². The Bertz CT molecular complexity index is 1070. The summed E-state index contributed by atoms with van der Waals surface area (Å²) in [7, 11) is 0. The van der Waals surface area contributed by atoms with Crippen molar-refractivity contribution in [2.75, 3.05) is 5.32 Å². The Morgan fingerprint density at radius 1 is 1.11 bits per heavy atom. The topological polar surface area (TPSA) is 59.8 Å². The molecule has 4 aromatic rings. The third-order valence-electron chi connectivity index (χ3n) is 3.92. The number of rotatable bonds is 5. The monoisotopic (exact) mass is 378 g/mol. The molecule has 0 aliphatic rings. The first-order valence-corrected chi connectivity index (χ1v) is 9.15. The van der Waals surface area contributed by atoms with Gasteiger partial charge in [-0.15, -0.1) is 11.3 Å². The molecule has 0 aliphatic carbocycles. The van der Waals surface area contributed by atoms with Crippen LogP contribution in [0.4, 0.5) is 10.1 Å². The molecule has 0 bridgehead atoms. The lowest BCUT2D eigenvalue weighted by molar-refractivity contribution is 0.102. The quantitative estimate of drug-likeness (QED) is 0.558. The molecule has 4 rings (SSSR count). The summed E-state index contributed by atoms with van der Waals surface area (Å²) in [6, 6.07) is 16.3. The molecule has 0 saturated carbocycles. The van der Waals surface area contributed by atoms with Gasteiger partial charge in [0.1, 0.15) is 16.5 Å². The largest absolute Gasteiger partial charge is 0.318 e. The van der Waals surface area contributed by atoms with Crippen molar-refractivity contribution in [1.29, 1.82) is 0 Å². The molecular formula is C20H15FN4OS. The minimum atomic E-state index is -0.360. The van der Waals surface area contributed by atoms with E-state index < -0.39 is 0 Å². The summed E-state index contributed by atoms with van der Waals surface area (Å²) < 4.78 is 15.6. The number of carbonyl (C=O) groups is 1. The maximum Gasteiger partial charge on any atom is 0.275 e. The Morgan fingerprint density at radius 3 is 2.70 bits per heavy atom. The second-order valence-corrected chi connectivity index (χ2v) is 6.74. The SMILES string of the molecule is O=C(Nc1cnn(Cc2ccccc2)c1)c1csc(-c2ccccc2F)n1. The molecule has 0 aliphatic heterocycles. The highest BCUT2D eigenvalue weighted by atomic mass is 32.1. The molecule has 1 N–H and O–H groups in total. The first kappa shape index (κ1) is 17.1. The van der Waals surface area contributed by atoms with E-state index in [9.17, 15) is 9.18 Å². The summed E-state index contributed by atoms with van der Waals surface area (Å²) in [6.07, 6.45) is 3.35. The molecule has 5 nitrogen and oxygen atoms in total. The van der Waals surface area contributed by atoms with Crippen LogP contribution in [0.15, 0.2) is 72.4 Å². The zero-order valence-corrected chi connectivity index (χ0v) is 15.0. The summed E-state index contributed by atoms with van der Waals surface area (Å²) in [5, 5.41) is 9.12. The summed E-state index contributed by atoms with van der Waals surface area (Å²) in [6.45, 7) is 0.616. The van der Waals surface area contributed by atoms with Gasteiger partial charge in [0.05, 0.1) is 18.4 Å². The van der Waals surface area contributed by atoms with Gasteiger partial charge in [-0.3, -0.25) is 9.48 Å². The van der Waals surface area contributed by atoms with Crippen molar-refractivity contribution >= 4 is 22.9 Å². The maximum absolute atomic E-state index is 13.9. The first-order chi connectivity index (χ1) is 13.2. The highest BCUT2D eigenvalue weighted by Gasteiger charge is 2.14. The van der Waals surface area contributed by atoms with Crippen LogP contribution in [-0.2, 0) is 6.54 Å². The number of thiazole rings is 1. The molecule has 2 aromatic carbocycles. The number of nitrogens with one attached hydrogen (secondary N) is 1. The van der Waals surface area contributed by atoms with Crippen LogP contribution < -0.4 is 5.32 Å². The van der Waals surface area contributed by atoms with E-state index in [0.717, 1.165) is 5.56 Å². The minimum Gasteiger partial charge on any atom is -0.318 e. The van der Waals surface area contributed by atoms with Gasteiger partial charge >= 0.3 is 0 Å². The summed E-state index contributed by atoms with van der Waals surface area (Å²) >= 11 is 1.23. The molecular weight excluding hydrogens is 363 g/mol. The number of carbonyl (C=O) groups excluding carboxylic acids is 1. The van der Waals surface area contributed by atoms with Crippen molar-refractivity contribution in [2.45, 2.75) is 6.54 Å². The van der Waals surface area contributed by atoms with E-state index in [2.05, 4.69) is 15.4 Å². The lowest BCUT2D eigenvalue weighted by Gasteiger charge is -2.01.